The van der Waals surface area contributed by atoms with Crippen molar-refractivity contribution in [1.29, 1.82) is 0 Å². The Bertz CT molecular complexity index is 922. The predicted molar refractivity (Wildman–Crippen MR) is 112 cm³/mol. The topological polar surface area (TPSA) is 91.3 Å². The molecular formula is C19H24N4O4S2. The molecule has 1 N–H and O–H groups in total. The van der Waals surface area contributed by atoms with E-state index in [2.05, 4.69) is 15.2 Å². The average Bonchev–Trinajstić information content (AvgIpc) is 3.34. The maximum Gasteiger partial charge on any atom is 0.243 e. The molecule has 3 heterocycles. The highest BCUT2D eigenvalue weighted by molar-refractivity contribution is 8.16. The lowest BCUT2D eigenvalue weighted by Gasteiger charge is -2.26. The summed E-state index contributed by atoms with van der Waals surface area (Å²) >= 11 is 1.57. The van der Waals surface area contributed by atoms with Gasteiger partial charge < -0.3 is 15.0 Å². The molecule has 0 aliphatic carbocycles. The number of aliphatic imine (C=N–C) groups is 1. The summed E-state index contributed by atoms with van der Waals surface area (Å²) in [4.78, 5) is 19.0. The van der Waals surface area contributed by atoms with Crippen LogP contribution in [-0.2, 0) is 26.0 Å². The number of rotatable bonds is 7. The van der Waals surface area contributed by atoms with Gasteiger partial charge in [0, 0.05) is 31.9 Å². The highest BCUT2D eigenvalue weighted by Gasteiger charge is 2.27. The lowest BCUT2D eigenvalue weighted by Crippen LogP contribution is -2.40. The third kappa shape index (κ3) is 4.66. The Hall–Kier alpha value is -1.88. The summed E-state index contributed by atoms with van der Waals surface area (Å²) in [7, 11) is -3.47. The fourth-order valence-electron chi connectivity index (χ4n) is 3.45. The first kappa shape index (κ1) is 20.4. The largest absolute Gasteiger partial charge is 0.379 e. The summed E-state index contributed by atoms with van der Waals surface area (Å²) in [5.41, 5.74) is 1.98. The van der Waals surface area contributed by atoms with Gasteiger partial charge in [-0.1, -0.05) is 23.9 Å². The van der Waals surface area contributed by atoms with Crippen molar-refractivity contribution < 1.29 is 17.9 Å². The SMILES string of the molecule is O=C(CC1=CSC2=NCCN12)NCCc1ccc(S(=O)(=O)N2CCOCC2)cc1. The molecule has 1 fully saturated rings. The normalized spacial score (nSPS) is 19.7. The molecule has 0 atom stereocenters. The van der Waals surface area contributed by atoms with E-state index in [1.54, 1.807) is 23.9 Å². The number of thioether (sulfide) groups is 1. The zero-order valence-electron chi connectivity index (χ0n) is 16.0. The van der Waals surface area contributed by atoms with Crippen molar-refractivity contribution in [2.45, 2.75) is 17.7 Å². The van der Waals surface area contributed by atoms with E-state index in [9.17, 15) is 13.2 Å². The van der Waals surface area contributed by atoms with Crippen molar-refractivity contribution in [3.05, 3.63) is 40.9 Å². The molecule has 0 bridgehead atoms. The molecule has 0 saturated carbocycles. The number of carbonyl (C=O) groups is 1. The Morgan fingerprint density at radius 1 is 1.17 bits per heavy atom. The van der Waals surface area contributed by atoms with Gasteiger partial charge in [-0.05, 0) is 29.5 Å². The highest BCUT2D eigenvalue weighted by Crippen LogP contribution is 2.30. The Labute approximate surface area is 175 Å². The molecular weight excluding hydrogens is 412 g/mol. The van der Waals surface area contributed by atoms with Gasteiger partial charge in [0.05, 0.1) is 31.1 Å². The maximum absolute atomic E-state index is 12.6. The number of hydrogen-bond acceptors (Lipinski definition) is 7. The van der Waals surface area contributed by atoms with Gasteiger partial charge in [-0.2, -0.15) is 4.31 Å². The number of nitrogens with one attached hydrogen (secondary N) is 1. The molecule has 156 valence electrons. The Kier molecular flexibility index (Phi) is 6.23. The van der Waals surface area contributed by atoms with E-state index in [4.69, 9.17) is 4.74 Å². The molecule has 1 aromatic rings. The van der Waals surface area contributed by atoms with Crippen LogP contribution in [0.1, 0.15) is 12.0 Å². The Balaban J connectivity index is 1.25. The van der Waals surface area contributed by atoms with Crippen LogP contribution in [0, 0.1) is 0 Å². The van der Waals surface area contributed by atoms with Gasteiger partial charge in [0.15, 0.2) is 5.17 Å². The van der Waals surface area contributed by atoms with Crippen molar-refractivity contribution >= 4 is 32.9 Å². The first-order valence-electron chi connectivity index (χ1n) is 9.65. The van der Waals surface area contributed by atoms with Crippen molar-refractivity contribution in [3.63, 3.8) is 0 Å². The van der Waals surface area contributed by atoms with E-state index in [0.29, 0.717) is 50.6 Å². The lowest BCUT2D eigenvalue weighted by atomic mass is 10.1. The molecule has 1 aromatic carbocycles. The molecule has 10 heteroatoms. The molecule has 0 unspecified atom stereocenters. The predicted octanol–water partition coefficient (Wildman–Crippen LogP) is 1.02. The van der Waals surface area contributed by atoms with Gasteiger partial charge in [-0.3, -0.25) is 9.79 Å². The second-order valence-corrected chi connectivity index (χ2v) is 9.75. The van der Waals surface area contributed by atoms with E-state index in [1.807, 2.05) is 17.5 Å². The van der Waals surface area contributed by atoms with E-state index < -0.39 is 10.0 Å². The van der Waals surface area contributed by atoms with Gasteiger partial charge in [0.2, 0.25) is 15.9 Å². The average molecular weight is 437 g/mol. The minimum absolute atomic E-state index is 0.0171. The van der Waals surface area contributed by atoms with Crippen LogP contribution >= 0.6 is 11.8 Å². The fraction of sp³-hybridized carbons (Fsp3) is 0.474. The van der Waals surface area contributed by atoms with Crippen LogP contribution in [0.25, 0.3) is 0 Å². The number of hydrogen-bond donors (Lipinski definition) is 1. The molecule has 0 spiro atoms. The number of fused-ring (bicyclic) bond motifs is 1. The number of sulfonamides is 1. The van der Waals surface area contributed by atoms with Gasteiger partial charge in [-0.25, -0.2) is 8.42 Å². The highest BCUT2D eigenvalue weighted by atomic mass is 32.2. The maximum atomic E-state index is 12.6. The second-order valence-electron chi connectivity index (χ2n) is 6.98. The molecule has 3 aliphatic rings. The van der Waals surface area contributed by atoms with Crippen LogP contribution in [0.4, 0.5) is 0 Å². The van der Waals surface area contributed by atoms with E-state index >= 15 is 0 Å². The van der Waals surface area contributed by atoms with Crippen LogP contribution in [0.3, 0.4) is 0 Å². The molecule has 1 amide bonds. The second kappa shape index (κ2) is 8.86. The van der Waals surface area contributed by atoms with Gasteiger partial charge >= 0.3 is 0 Å². The summed E-state index contributed by atoms with van der Waals surface area (Å²) in [5.74, 6) is -0.0171. The molecule has 3 aliphatic heterocycles. The number of nitrogens with zero attached hydrogens (tertiary/aromatic N) is 3. The summed E-state index contributed by atoms with van der Waals surface area (Å²) in [6.45, 7) is 3.78. The number of amidine groups is 1. The van der Waals surface area contributed by atoms with Gasteiger partial charge in [0.1, 0.15) is 0 Å². The van der Waals surface area contributed by atoms with Crippen molar-refractivity contribution in [2.24, 2.45) is 4.99 Å². The summed E-state index contributed by atoms with van der Waals surface area (Å²) in [6, 6.07) is 6.89. The van der Waals surface area contributed by atoms with Crippen LogP contribution < -0.4 is 5.32 Å². The standard InChI is InChI=1S/C19H24N4O4S2/c24-18(13-16-14-28-19-21-7-8-23(16)19)20-6-5-15-1-3-17(4-2-15)29(25,26)22-9-11-27-12-10-22/h1-4,14H,5-13H2,(H,20,24). The zero-order valence-corrected chi connectivity index (χ0v) is 17.7. The summed E-state index contributed by atoms with van der Waals surface area (Å²) in [6.07, 6.45) is 0.997. The number of morpholine rings is 1. The quantitative estimate of drug-likeness (QED) is 0.686. The zero-order chi connectivity index (χ0) is 20.3. The van der Waals surface area contributed by atoms with Crippen LogP contribution in [0.2, 0.25) is 0 Å². The summed E-state index contributed by atoms with van der Waals surface area (Å²) < 4.78 is 32.0. The van der Waals surface area contributed by atoms with Gasteiger partial charge in [-0.15, -0.1) is 0 Å². The smallest absolute Gasteiger partial charge is 0.243 e. The van der Waals surface area contributed by atoms with E-state index in [-0.39, 0.29) is 5.91 Å². The minimum Gasteiger partial charge on any atom is -0.379 e. The Morgan fingerprint density at radius 2 is 1.93 bits per heavy atom. The number of benzene rings is 1. The molecule has 29 heavy (non-hydrogen) atoms. The first-order valence-corrected chi connectivity index (χ1v) is 12.0. The summed E-state index contributed by atoms with van der Waals surface area (Å²) in [5, 5.41) is 5.92. The lowest BCUT2D eigenvalue weighted by molar-refractivity contribution is -0.120. The van der Waals surface area contributed by atoms with Crippen LogP contribution in [-0.4, -0.2) is 74.6 Å². The minimum atomic E-state index is -3.47. The first-order chi connectivity index (χ1) is 14.0. The fourth-order valence-corrected chi connectivity index (χ4v) is 5.81. The molecule has 4 rings (SSSR count). The number of carbonyl (C=O) groups excluding carboxylic acids is 1. The molecule has 1 saturated heterocycles. The van der Waals surface area contributed by atoms with E-state index in [1.165, 1.54) is 4.31 Å². The Morgan fingerprint density at radius 3 is 2.69 bits per heavy atom. The monoisotopic (exact) mass is 436 g/mol. The number of amides is 1. The van der Waals surface area contributed by atoms with Crippen molar-refractivity contribution in [3.8, 4) is 0 Å². The van der Waals surface area contributed by atoms with Crippen LogP contribution in [0.5, 0.6) is 0 Å². The number of ether oxygens (including phenoxy) is 1. The molecule has 8 nitrogen and oxygen atoms in total. The van der Waals surface area contributed by atoms with Crippen LogP contribution in [0.15, 0.2) is 45.3 Å². The third-order valence-corrected chi connectivity index (χ3v) is 7.92. The van der Waals surface area contributed by atoms with Gasteiger partial charge in [0.25, 0.3) is 0 Å². The molecule has 0 radical (unpaired) electrons. The molecule has 0 aromatic heterocycles. The third-order valence-electron chi connectivity index (χ3n) is 5.06. The van der Waals surface area contributed by atoms with Crippen molar-refractivity contribution in [2.75, 3.05) is 45.9 Å². The van der Waals surface area contributed by atoms with E-state index in [0.717, 1.165) is 29.5 Å². The van der Waals surface area contributed by atoms with Crippen molar-refractivity contribution in [1.82, 2.24) is 14.5 Å².